The van der Waals surface area contributed by atoms with Gasteiger partial charge in [-0.1, -0.05) is 18.2 Å². The summed E-state index contributed by atoms with van der Waals surface area (Å²) < 4.78 is 0. The molecule has 0 saturated carbocycles. The highest BCUT2D eigenvalue weighted by Crippen LogP contribution is 2.29. The molecule has 0 radical (unpaired) electrons. The molecule has 4 rings (SSSR count). The molecule has 0 unspecified atom stereocenters. The molecule has 1 aromatic carbocycles. The zero-order valence-electron chi connectivity index (χ0n) is 16.5. The van der Waals surface area contributed by atoms with Crippen LogP contribution in [0.25, 0.3) is 10.9 Å². The summed E-state index contributed by atoms with van der Waals surface area (Å²) in [5.74, 6) is 0.545. The third-order valence-corrected chi connectivity index (χ3v) is 6.15. The van der Waals surface area contributed by atoms with Gasteiger partial charge >= 0.3 is 0 Å². The van der Waals surface area contributed by atoms with Crippen molar-refractivity contribution in [1.82, 2.24) is 14.8 Å². The monoisotopic (exact) mass is 366 g/mol. The number of piperazine rings is 1. The van der Waals surface area contributed by atoms with Crippen molar-refractivity contribution in [3.05, 3.63) is 36.5 Å². The van der Waals surface area contributed by atoms with Crippen LogP contribution in [0.5, 0.6) is 0 Å². The van der Waals surface area contributed by atoms with Crippen LogP contribution in [0, 0.1) is 5.92 Å². The summed E-state index contributed by atoms with van der Waals surface area (Å²) in [4.78, 5) is 24.5. The zero-order valence-corrected chi connectivity index (χ0v) is 16.5. The zero-order chi connectivity index (χ0) is 18.8. The highest BCUT2D eigenvalue weighted by atomic mass is 16.2. The predicted molar refractivity (Wildman–Crippen MR) is 110 cm³/mol. The number of fused-ring (bicyclic) bond motifs is 1. The van der Waals surface area contributed by atoms with Gasteiger partial charge in [-0.25, -0.2) is 0 Å². The molecule has 27 heavy (non-hydrogen) atoms. The summed E-state index contributed by atoms with van der Waals surface area (Å²) in [7, 11) is 0. The highest BCUT2D eigenvalue weighted by molar-refractivity contribution is 5.90. The number of carbonyl (C=O) groups is 1. The topological polar surface area (TPSA) is 39.7 Å². The van der Waals surface area contributed by atoms with Crippen LogP contribution in [0.4, 0.5) is 5.69 Å². The van der Waals surface area contributed by atoms with Crippen LogP contribution in [0.1, 0.15) is 26.7 Å². The third kappa shape index (κ3) is 3.79. The second-order valence-corrected chi connectivity index (χ2v) is 8.07. The maximum absolute atomic E-state index is 13.0. The van der Waals surface area contributed by atoms with E-state index < -0.39 is 0 Å². The van der Waals surface area contributed by atoms with Gasteiger partial charge in [0.25, 0.3) is 0 Å². The van der Waals surface area contributed by atoms with Crippen LogP contribution in [0.3, 0.4) is 0 Å². The molecule has 2 aliphatic rings. The van der Waals surface area contributed by atoms with E-state index in [9.17, 15) is 4.79 Å². The first-order chi connectivity index (χ1) is 13.1. The van der Waals surface area contributed by atoms with Gasteiger partial charge < -0.3 is 9.80 Å². The first-order valence-electron chi connectivity index (χ1n) is 10.2. The molecule has 0 spiro atoms. The molecule has 0 bridgehead atoms. The molecule has 0 N–H and O–H groups in total. The number of nitrogens with zero attached hydrogens (tertiary/aromatic N) is 4. The smallest absolute Gasteiger partial charge is 0.225 e. The number of pyridine rings is 1. The molecular weight excluding hydrogens is 336 g/mol. The van der Waals surface area contributed by atoms with Gasteiger partial charge in [0.1, 0.15) is 0 Å². The third-order valence-electron chi connectivity index (χ3n) is 6.15. The molecule has 144 valence electrons. The Labute approximate surface area is 162 Å². The van der Waals surface area contributed by atoms with E-state index in [4.69, 9.17) is 0 Å². The average Bonchev–Trinajstić information content (AvgIpc) is 2.73. The number of hydrogen-bond acceptors (Lipinski definition) is 4. The number of para-hydroxylation sites is 1. The van der Waals surface area contributed by atoms with E-state index in [1.54, 1.807) is 0 Å². The Bertz CT molecular complexity index is 785. The van der Waals surface area contributed by atoms with E-state index in [1.807, 2.05) is 12.3 Å². The van der Waals surface area contributed by atoms with E-state index in [-0.39, 0.29) is 5.92 Å². The van der Waals surface area contributed by atoms with E-state index in [0.29, 0.717) is 11.9 Å². The Balaban J connectivity index is 1.37. The van der Waals surface area contributed by atoms with Gasteiger partial charge in [0, 0.05) is 62.8 Å². The van der Waals surface area contributed by atoms with Crippen molar-refractivity contribution in [2.24, 2.45) is 5.92 Å². The number of carbonyl (C=O) groups excluding carboxylic acids is 1. The van der Waals surface area contributed by atoms with Crippen LogP contribution in [0.15, 0.2) is 36.5 Å². The molecule has 2 saturated heterocycles. The number of hydrogen-bond donors (Lipinski definition) is 0. The van der Waals surface area contributed by atoms with Gasteiger partial charge in [0.2, 0.25) is 5.91 Å². The minimum atomic E-state index is 0.176. The van der Waals surface area contributed by atoms with Crippen molar-refractivity contribution in [1.29, 1.82) is 0 Å². The molecule has 5 nitrogen and oxygen atoms in total. The lowest BCUT2D eigenvalue weighted by Gasteiger charge is -2.40. The number of anilines is 1. The maximum atomic E-state index is 13.0. The second kappa shape index (κ2) is 7.85. The Morgan fingerprint density at radius 1 is 1.00 bits per heavy atom. The highest BCUT2D eigenvalue weighted by Gasteiger charge is 2.31. The van der Waals surface area contributed by atoms with E-state index in [0.717, 1.165) is 57.6 Å². The lowest BCUT2D eigenvalue weighted by Crippen LogP contribution is -2.53. The largest absolute Gasteiger partial charge is 0.370 e. The SMILES string of the molecule is CC(C)N1CCN(C(=O)C2CCN(c3cccc4cccnc34)CC2)CC1. The molecule has 1 aromatic heterocycles. The van der Waals surface area contributed by atoms with Crippen LogP contribution in [-0.4, -0.2) is 66.0 Å². The van der Waals surface area contributed by atoms with E-state index >= 15 is 0 Å². The molecule has 1 amide bonds. The van der Waals surface area contributed by atoms with Crippen LogP contribution >= 0.6 is 0 Å². The van der Waals surface area contributed by atoms with Crippen molar-refractivity contribution >= 4 is 22.5 Å². The van der Waals surface area contributed by atoms with Gasteiger partial charge in [-0.05, 0) is 38.8 Å². The van der Waals surface area contributed by atoms with Crippen molar-refractivity contribution in [3.8, 4) is 0 Å². The normalized spacial score (nSPS) is 19.8. The van der Waals surface area contributed by atoms with Crippen LogP contribution < -0.4 is 4.90 Å². The number of aromatic nitrogens is 1. The van der Waals surface area contributed by atoms with Gasteiger partial charge in [-0.3, -0.25) is 14.7 Å². The molecule has 0 atom stereocenters. The number of amides is 1. The lowest BCUT2D eigenvalue weighted by atomic mass is 9.94. The van der Waals surface area contributed by atoms with Gasteiger partial charge in [0.15, 0.2) is 0 Å². The van der Waals surface area contributed by atoms with Gasteiger partial charge in [-0.15, -0.1) is 0 Å². The van der Waals surface area contributed by atoms with E-state index in [1.165, 1.54) is 11.1 Å². The summed E-state index contributed by atoms with van der Waals surface area (Å²) in [6.45, 7) is 10.1. The van der Waals surface area contributed by atoms with Crippen LogP contribution in [0.2, 0.25) is 0 Å². The first kappa shape index (κ1) is 18.2. The molecule has 3 heterocycles. The molecule has 2 aromatic rings. The van der Waals surface area contributed by atoms with Crippen molar-refractivity contribution in [2.75, 3.05) is 44.2 Å². The quantitative estimate of drug-likeness (QED) is 0.837. The minimum Gasteiger partial charge on any atom is -0.370 e. The summed E-state index contributed by atoms with van der Waals surface area (Å²) >= 11 is 0. The molecule has 2 fully saturated rings. The van der Waals surface area contributed by atoms with Crippen molar-refractivity contribution < 1.29 is 4.79 Å². The fourth-order valence-electron chi connectivity index (χ4n) is 4.43. The number of piperidine rings is 1. The Hall–Kier alpha value is -2.14. The Morgan fingerprint density at radius 2 is 1.70 bits per heavy atom. The molecule has 2 aliphatic heterocycles. The summed E-state index contributed by atoms with van der Waals surface area (Å²) in [6, 6.07) is 11.0. The summed E-state index contributed by atoms with van der Waals surface area (Å²) in [5, 5.41) is 1.18. The molecular formula is C22H30N4O. The number of rotatable bonds is 3. The van der Waals surface area contributed by atoms with Gasteiger partial charge in [-0.2, -0.15) is 0 Å². The number of benzene rings is 1. The predicted octanol–water partition coefficient (Wildman–Crippen LogP) is 3.00. The van der Waals surface area contributed by atoms with Crippen molar-refractivity contribution in [2.45, 2.75) is 32.7 Å². The fourth-order valence-corrected chi connectivity index (χ4v) is 4.43. The second-order valence-electron chi connectivity index (χ2n) is 8.07. The van der Waals surface area contributed by atoms with Gasteiger partial charge in [0.05, 0.1) is 11.2 Å². The van der Waals surface area contributed by atoms with E-state index in [2.05, 4.69) is 57.8 Å². The lowest BCUT2D eigenvalue weighted by molar-refractivity contribution is -0.138. The summed E-state index contributed by atoms with van der Waals surface area (Å²) in [6.07, 6.45) is 3.73. The standard InChI is InChI=1S/C22H30N4O/c1-17(2)24-13-15-26(16-14-24)22(27)19-8-11-25(12-9-19)20-7-3-5-18-6-4-10-23-21(18)20/h3-7,10,17,19H,8-9,11-16H2,1-2H3. The Kier molecular flexibility index (Phi) is 5.30. The van der Waals surface area contributed by atoms with Crippen LogP contribution in [-0.2, 0) is 4.79 Å². The van der Waals surface area contributed by atoms with Crippen molar-refractivity contribution in [3.63, 3.8) is 0 Å². The first-order valence-corrected chi connectivity index (χ1v) is 10.2. The Morgan fingerprint density at radius 3 is 2.41 bits per heavy atom. The molecule has 0 aliphatic carbocycles. The molecule has 5 heteroatoms. The fraction of sp³-hybridized carbons (Fsp3) is 0.545. The maximum Gasteiger partial charge on any atom is 0.225 e. The summed E-state index contributed by atoms with van der Waals surface area (Å²) in [5.41, 5.74) is 2.26. The average molecular weight is 367 g/mol. The minimum absolute atomic E-state index is 0.176.